The molecule has 0 saturated carbocycles. The molecule has 13 heavy (non-hydrogen) atoms. The van der Waals surface area contributed by atoms with Crippen molar-refractivity contribution < 1.29 is 0 Å². The van der Waals surface area contributed by atoms with Crippen molar-refractivity contribution in [1.82, 2.24) is 9.36 Å². The van der Waals surface area contributed by atoms with Gasteiger partial charge in [0.05, 0.1) is 0 Å². The van der Waals surface area contributed by atoms with Crippen LogP contribution in [0.25, 0.3) is 0 Å². The predicted octanol–water partition coefficient (Wildman–Crippen LogP) is 2.68. The van der Waals surface area contributed by atoms with Gasteiger partial charge in [0.2, 0.25) is 0 Å². The van der Waals surface area contributed by atoms with E-state index in [1.165, 1.54) is 11.5 Å². The van der Waals surface area contributed by atoms with Crippen LogP contribution in [-0.4, -0.2) is 20.9 Å². The molecule has 0 amide bonds. The normalized spacial score (nSPS) is 10.3. The predicted molar refractivity (Wildman–Crippen MR) is 63.0 cm³/mol. The van der Waals surface area contributed by atoms with E-state index < -0.39 is 0 Å². The summed E-state index contributed by atoms with van der Waals surface area (Å²) in [7, 11) is 0. The number of rotatable bonds is 5. The Kier molecular flexibility index (Phi) is 4.83. The molecule has 0 aliphatic heterocycles. The second-order valence-corrected chi connectivity index (χ2v) is 4.82. The summed E-state index contributed by atoms with van der Waals surface area (Å²) >= 11 is 7.29. The fraction of sp³-hybridized carbons (Fsp3) is 0.500. The van der Waals surface area contributed by atoms with E-state index in [1.807, 2.05) is 0 Å². The van der Waals surface area contributed by atoms with Crippen LogP contribution in [-0.2, 0) is 6.42 Å². The summed E-state index contributed by atoms with van der Waals surface area (Å²) in [5.41, 5.74) is 1.13. The Morgan fingerprint density at radius 2 is 2.46 bits per heavy atom. The van der Waals surface area contributed by atoms with Crippen molar-refractivity contribution in [2.24, 2.45) is 0 Å². The Balaban J connectivity index is 2.41. The van der Waals surface area contributed by atoms with Crippen LogP contribution in [0.5, 0.6) is 0 Å². The number of thiol groups is 1. The van der Waals surface area contributed by atoms with Crippen molar-refractivity contribution >= 4 is 35.9 Å². The zero-order valence-electron chi connectivity index (χ0n) is 7.49. The van der Waals surface area contributed by atoms with Crippen molar-refractivity contribution in [3.8, 4) is 0 Å². The van der Waals surface area contributed by atoms with Gasteiger partial charge < -0.3 is 0 Å². The molecule has 1 heterocycles. The molecule has 0 radical (unpaired) electrons. The van der Waals surface area contributed by atoms with E-state index in [1.54, 1.807) is 11.8 Å². The van der Waals surface area contributed by atoms with E-state index >= 15 is 0 Å². The summed E-state index contributed by atoms with van der Waals surface area (Å²) in [6, 6.07) is 0. The maximum atomic E-state index is 4.34. The molecule has 0 aromatic carbocycles. The Bertz CT molecular complexity index is 283. The summed E-state index contributed by atoms with van der Waals surface area (Å²) in [5.74, 6) is 2.57. The molecule has 0 saturated heterocycles. The van der Waals surface area contributed by atoms with E-state index in [4.69, 9.17) is 0 Å². The van der Waals surface area contributed by atoms with E-state index in [9.17, 15) is 0 Å². The zero-order valence-corrected chi connectivity index (χ0v) is 10.0. The van der Waals surface area contributed by atoms with Crippen LogP contribution in [0.1, 0.15) is 12.7 Å². The average Bonchev–Trinajstić information content (AvgIpc) is 2.61. The van der Waals surface area contributed by atoms with Gasteiger partial charge in [0.1, 0.15) is 5.82 Å². The van der Waals surface area contributed by atoms with E-state index in [-0.39, 0.29) is 0 Å². The molecule has 0 aliphatic carbocycles. The van der Waals surface area contributed by atoms with Crippen LogP contribution in [0, 0.1) is 0 Å². The van der Waals surface area contributed by atoms with Crippen LogP contribution < -0.4 is 0 Å². The topological polar surface area (TPSA) is 25.8 Å². The molecule has 2 nitrogen and oxygen atoms in total. The fourth-order valence-corrected chi connectivity index (χ4v) is 2.51. The Labute approximate surface area is 92.4 Å². The third-order valence-corrected chi connectivity index (χ3v) is 3.85. The highest BCUT2D eigenvalue weighted by Gasteiger charge is 2.02. The third kappa shape index (κ3) is 3.70. The van der Waals surface area contributed by atoms with Crippen LogP contribution in [0.2, 0.25) is 0 Å². The van der Waals surface area contributed by atoms with E-state index in [0.717, 1.165) is 33.7 Å². The van der Waals surface area contributed by atoms with Crippen molar-refractivity contribution in [1.29, 1.82) is 0 Å². The standard InChI is InChI=1S/C8H12N2S3/c1-3-7-9-8(13-10-7)12-5-6(2)4-11/h11H,2-5H2,1H3. The van der Waals surface area contributed by atoms with Gasteiger partial charge in [-0.25, -0.2) is 4.98 Å². The van der Waals surface area contributed by atoms with E-state index in [0.29, 0.717) is 0 Å². The van der Waals surface area contributed by atoms with Gasteiger partial charge in [-0.1, -0.05) is 30.8 Å². The molecule has 0 bridgehead atoms. The molecule has 0 spiro atoms. The van der Waals surface area contributed by atoms with Gasteiger partial charge in [-0.2, -0.15) is 17.0 Å². The van der Waals surface area contributed by atoms with Gasteiger partial charge in [-0.05, 0) is 11.5 Å². The van der Waals surface area contributed by atoms with Crippen molar-refractivity contribution in [2.75, 3.05) is 11.5 Å². The molecular formula is C8H12N2S3. The molecule has 1 aromatic rings. The maximum Gasteiger partial charge on any atom is 0.170 e. The minimum atomic E-state index is 0.742. The summed E-state index contributed by atoms with van der Waals surface area (Å²) in [5, 5.41) is 0. The molecule has 1 rings (SSSR count). The summed E-state index contributed by atoms with van der Waals surface area (Å²) in [6.45, 7) is 5.93. The van der Waals surface area contributed by atoms with E-state index in [2.05, 4.69) is 35.5 Å². The molecule has 1 aromatic heterocycles. The van der Waals surface area contributed by atoms with Gasteiger partial charge in [-0.3, -0.25) is 0 Å². The van der Waals surface area contributed by atoms with Crippen molar-refractivity contribution in [3.05, 3.63) is 18.0 Å². The number of thioether (sulfide) groups is 1. The number of aryl methyl sites for hydroxylation is 1. The number of aromatic nitrogens is 2. The van der Waals surface area contributed by atoms with Crippen molar-refractivity contribution in [3.63, 3.8) is 0 Å². The lowest BCUT2D eigenvalue weighted by molar-refractivity contribution is 0.972. The summed E-state index contributed by atoms with van der Waals surface area (Å²) in [4.78, 5) is 4.34. The number of nitrogens with zero attached hydrogens (tertiary/aromatic N) is 2. The number of hydrogen-bond acceptors (Lipinski definition) is 5. The minimum Gasteiger partial charge on any atom is -0.213 e. The SMILES string of the molecule is C=C(CS)CSc1nc(CC)ns1. The van der Waals surface area contributed by atoms with Crippen LogP contribution in [0.4, 0.5) is 0 Å². The fourth-order valence-electron chi connectivity index (χ4n) is 0.650. The van der Waals surface area contributed by atoms with Crippen LogP contribution >= 0.6 is 35.9 Å². The van der Waals surface area contributed by atoms with Crippen LogP contribution in [0.3, 0.4) is 0 Å². The highest BCUT2D eigenvalue weighted by atomic mass is 32.2. The quantitative estimate of drug-likeness (QED) is 0.480. The Morgan fingerprint density at radius 3 is 3.00 bits per heavy atom. The van der Waals surface area contributed by atoms with Gasteiger partial charge in [0.15, 0.2) is 4.34 Å². The first-order valence-corrected chi connectivity index (χ1v) is 6.38. The highest BCUT2D eigenvalue weighted by molar-refractivity contribution is 8.01. The molecule has 0 fully saturated rings. The second-order valence-electron chi connectivity index (χ2n) is 2.53. The Morgan fingerprint density at radius 1 is 1.69 bits per heavy atom. The largest absolute Gasteiger partial charge is 0.213 e. The van der Waals surface area contributed by atoms with Crippen LogP contribution in [0.15, 0.2) is 16.5 Å². The number of hydrogen-bond donors (Lipinski definition) is 1. The van der Waals surface area contributed by atoms with Gasteiger partial charge >= 0.3 is 0 Å². The first-order valence-electron chi connectivity index (χ1n) is 3.99. The summed E-state index contributed by atoms with van der Waals surface area (Å²) in [6.07, 6.45) is 0.907. The molecule has 72 valence electrons. The first-order chi connectivity index (χ1) is 6.26. The molecular weight excluding hydrogens is 220 g/mol. The molecule has 0 aliphatic rings. The average molecular weight is 232 g/mol. The Hall–Kier alpha value is -0.0000000000000000833. The molecule has 0 N–H and O–H groups in total. The smallest absolute Gasteiger partial charge is 0.170 e. The maximum absolute atomic E-state index is 4.34. The lowest BCUT2D eigenvalue weighted by Crippen LogP contribution is -1.86. The van der Waals surface area contributed by atoms with Gasteiger partial charge in [-0.15, -0.1) is 0 Å². The lowest BCUT2D eigenvalue weighted by Gasteiger charge is -1.96. The van der Waals surface area contributed by atoms with Gasteiger partial charge in [0.25, 0.3) is 0 Å². The molecule has 0 unspecified atom stereocenters. The minimum absolute atomic E-state index is 0.742. The lowest BCUT2D eigenvalue weighted by atomic mass is 10.4. The zero-order chi connectivity index (χ0) is 9.68. The third-order valence-electron chi connectivity index (χ3n) is 1.39. The highest BCUT2D eigenvalue weighted by Crippen LogP contribution is 2.22. The molecule has 5 heteroatoms. The molecule has 0 atom stereocenters. The summed E-state index contributed by atoms with van der Waals surface area (Å²) < 4.78 is 5.23. The van der Waals surface area contributed by atoms with Crippen molar-refractivity contribution in [2.45, 2.75) is 17.7 Å². The van der Waals surface area contributed by atoms with Gasteiger partial charge in [0, 0.05) is 17.9 Å². The second kappa shape index (κ2) is 5.67. The first kappa shape index (κ1) is 11.1. The monoisotopic (exact) mass is 232 g/mol.